The number of aromatic nitrogens is 1. The predicted molar refractivity (Wildman–Crippen MR) is 42.0 cm³/mol. The molecule has 2 N–H and O–H groups in total. The van der Waals surface area contributed by atoms with Crippen LogP contribution in [0.4, 0.5) is 0 Å². The molecule has 1 aromatic heterocycles. The Morgan fingerprint density at radius 1 is 1.70 bits per heavy atom. The van der Waals surface area contributed by atoms with E-state index in [1.54, 1.807) is 11.3 Å². The van der Waals surface area contributed by atoms with Gasteiger partial charge in [0.15, 0.2) is 0 Å². The molecule has 0 spiro atoms. The molecule has 2 nitrogen and oxygen atoms in total. The van der Waals surface area contributed by atoms with Crippen molar-refractivity contribution in [1.29, 1.82) is 0 Å². The Kier molecular flexibility index (Phi) is 1.47. The smallest absolute Gasteiger partial charge is 0.0798 e. The molecule has 0 saturated carbocycles. The molecular weight excluding hydrogens is 144 g/mol. The number of nitrogens with zero attached hydrogens (tertiary/aromatic N) is 1. The summed E-state index contributed by atoms with van der Waals surface area (Å²) in [5.74, 6) is 0. The van der Waals surface area contributed by atoms with Gasteiger partial charge in [0.25, 0.3) is 0 Å². The summed E-state index contributed by atoms with van der Waals surface area (Å²) >= 11 is 1.70. The number of thiazole rings is 1. The molecule has 1 unspecified atom stereocenters. The van der Waals surface area contributed by atoms with Crippen molar-refractivity contribution >= 4 is 11.3 Å². The molecule has 0 bridgehead atoms. The van der Waals surface area contributed by atoms with Gasteiger partial charge in [-0.2, -0.15) is 0 Å². The van der Waals surface area contributed by atoms with E-state index in [2.05, 4.69) is 4.98 Å². The summed E-state index contributed by atoms with van der Waals surface area (Å²) in [6, 6.07) is 0.274. The number of hydrogen-bond donors (Lipinski definition) is 1. The van der Waals surface area contributed by atoms with E-state index in [4.69, 9.17) is 5.73 Å². The highest BCUT2D eigenvalue weighted by molar-refractivity contribution is 7.09. The van der Waals surface area contributed by atoms with E-state index >= 15 is 0 Å². The van der Waals surface area contributed by atoms with Crippen molar-refractivity contribution < 1.29 is 0 Å². The van der Waals surface area contributed by atoms with Crippen LogP contribution in [0, 0.1) is 0 Å². The molecule has 0 aliphatic heterocycles. The maximum atomic E-state index is 5.86. The minimum Gasteiger partial charge on any atom is -0.323 e. The third kappa shape index (κ3) is 0.859. The number of nitrogens with two attached hydrogens (primary N) is 1. The van der Waals surface area contributed by atoms with E-state index in [0.717, 1.165) is 12.8 Å². The molecule has 0 radical (unpaired) electrons. The Balaban J connectivity index is 2.41. The number of aryl methyl sites for hydroxylation is 1. The van der Waals surface area contributed by atoms with Crippen molar-refractivity contribution in [3.8, 4) is 0 Å². The molecule has 1 aliphatic rings. The number of fused-ring (bicyclic) bond motifs is 1. The molecule has 1 atom stereocenters. The SMILES string of the molecule is NC1CCCc2ncsc21. The van der Waals surface area contributed by atoms with Crippen LogP contribution in [0.2, 0.25) is 0 Å². The molecule has 2 rings (SSSR count). The molecule has 0 aromatic carbocycles. The molecule has 1 heterocycles. The molecule has 0 fully saturated rings. The average molecular weight is 154 g/mol. The molecule has 54 valence electrons. The van der Waals surface area contributed by atoms with Crippen LogP contribution in [0.3, 0.4) is 0 Å². The van der Waals surface area contributed by atoms with Gasteiger partial charge >= 0.3 is 0 Å². The third-order valence-electron chi connectivity index (χ3n) is 1.94. The summed E-state index contributed by atoms with van der Waals surface area (Å²) < 4.78 is 0. The van der Waals surface area contributed by atoms with E-state index in [1.165, 1.54) is 17.0 Å². The molecule has 10 heavy (non-hydrogen) atoms. The van der Waals surface area contributed by atoms with Gasteiger partial charge in [-0.05, 0) is 19.3 Å². The molecule has 3 heteroatoms. The van der Waals surface area contributed by atoms with Gasteiger partial charge in [0.1, 0.15) is 0 Å². The molecule has 1 aromatic rings. The van der Waals surface area contributed by atoms with Crippen molar-refractivity contribution in [2.24, 2.45) is 5.73 Å². The van der Waals surface area contributed by atoms with Crippen molar-refractivity contribution in [1.82, 2.24) is 4.98 Å². The van der Waals surface area contributed by atoms with E-state index in [1.807, 2.05) is 5.51 Å². The molecule has 1 aliphatic carbocycles. The van der Waals surface area contributed by atoms with Gasteiger partial charge in [0.2, 0.25) is 0 Å². The zero-order valence-electron chi connectivity index (χ0n) is 5.71. The highest BCUT2D eigenvalue weighted by atomic mass is 32.1. The van der Waals surface area contributed by atoms with Gasteiger partial charge < -0.3 is 5.73 Å². The summed E-state index contributed by atoms with van der Waals surface area (Å²) in [5.41, 5.74) is 9.00. The van der Waals surface area contributed by atoms with Crippen molar-refractivity contribution in [3.05, 3.63) is 16.1 Å². The largest absolute Gasteiger partial charge is 0.323 e. The van der Waals surface area contributed by atoms with Crippen LogP contribution in [0.25, 0.3) is 0 Å². The maximum Gasteiger partial charge on any atom is 0.0798 e. The summed E-state index contributed by atoms with van der Waals surface area (Å²) in [6.45, 7) is 0. The summed E-state index contributed by atoms with van der Waals surface area (Å²) in [4.78, 5) is 5.56. The second-order valence-corrected chi connectivity index (χ2v) is 3.55. The fraction of sp³-hybridized carbons (Fsp3) is 0.571. The lowest BCUT2D eigenvalue weighted by Gasteiger charge is -2.15. The molecule has 0 amide bonds. The second kappa shape index (κ2) is 2.32. The zero-order valence-corrected chi connectivity index (χ0v) is 6.53. The van der Waals surface area contributed by atoms with E-state index in [-0.39, 0.29) is 6.04 Å². The first-order valence-electron chi connectivity index (χ1n) is 3.56. The van der Waals surface area contributed by atoms with Crippen LogP contribution >= 0.6 is 11.3 Å². The van der Waals surface area contributed by atoms with Crippen LogP contribution in [-0.4, -0.2) is 4.98 Å². The first-order valence-corrected chi connectivity index (χ1v) is 4.44. The predicted octanol–water partition coefficient (Wildman–Crippen LogP) is 1.48. The normalized spacial score (nSPS) is 24.3. The topological polar surface area (TPSA) is 38.9 Å². The first kappa shape index (κ1) is 6.31. The minimum absolute atomic E-state index is 0.274. The lowest BCUT2D eigenvalue weighted by Crippen LogP contribution is -2.15. The van der Waals surface area contributed by atoms with Gasteiger partial charge in [-0.25, -0.2) is 4.98 Å². The summed E-state index contributed by atoms with van der Waals surface area (Å²) in [5, 5.41) is 0. The average Bonchev–Trinajstić information content (AvgIpc) is 2.36. The Labute approximate surface area is 64.1 Å². The second-order valence-electron chi connectivity index (χ2n) is 2.66. The van der Waals surface area contributed by atoms with Crippen LogP contribution in [0.5, 0.6) is 0 Å². The lowest BCUT2D eigenvalue weighted by molar-refractivity contribution is 0.573. The van der Waals surface area contributed by atoms with Crippen molar-refractivity contribution in [2.45, 2.75) is 25.3 Å². The standard InChI is InChI=1S/C7H10N2S/c8-5-2-1-3-6-7(5)10-4-9-6/h4-5H,1-3,8H2. The Morgan fingerprint density at radius 2 is 2.60 bits per heavy atom. The van der Waals surface area contributed by atoms with Gasteiger partial charge in [0.05, 0.1) is 11.2 Å². The Hall–Kier alpha value is -0.410. The van der Waals surface area contributed by atoms with Gasteiger partial charge in [-0.15, -0.1) is 11.3 Å². The first-order chi connectivity index (χ1) is 4.88. The quantitative estimate of drug-likeness (QED) is 0.614. The summed E-state index contributed by atoms with van der Waals surface area (Å²) in [6.07, 6.45) is 3.47. The van der Waals surface area contributed by atoms with E-state index < -0.39 is 0 Å². The minimum atomic E-state index is 0.274. The summed E-state index contributed by atoms with van der Waals surface area (Å²) in [7, 11) is 0. The Bertz CT molecular complexity index is 231. The monoisotopic (exact) mass is 154 g/mol. The van der Waals surface area contributed by atoms with Crippen LogP contribution in [0.15, 0.2) is 5.51 Å². The molecule has 0 saturated heterocycles. The Morgan fingerprint density at radius 3 is 3.40 bits per heavy atom. The highest BCUT2D eigenvalue weighted by Crippen LogP contribution is 2.29. The van der Waals surface area contributed by atoms with Crippen LogP contribution < -0.4 is 5.73 Å². The van der Waals surface area contributed by atoms with Crippen LogP contribution in [-0.2, 0) is 6.42 Å². The lowest BCUT2D eigenvalue weighted by atomic mass is 9.99. The van der Waals surface area contributed by atoms with Gasteiger partial charge in [-0.3, -0.25) is 0 Å². The fourth-order valence-corrected chi connectivity index (χ4v) is 2.27. The highest BCUT2D eigenvalue weighted by Gasteiger charge is 2.18. The van der Waals surface area contributed by atoms with E-state index in [0.29, 0.717) is 0 Å². The van der Waals surface area contributed by atoms with Gasteiger partial charge in [0, 0.05) is 10.9 Å². The maximum absolute atomic E-state index is 5.86. The van der Waals surface area contributed by atoms with Crippen molar-refractivity contribution in [3.63, 3.8) is 0 Å². The van der Waals surface area contributed by atoms with Crippen molar-refractivity contribution in [2.75, 3.05) is 0 Å². The third-order valence-corrected chi connectivity index (χ3v) is 2.94. The molecular formula is C7H10N2S. The van der Waals surface area contributed by atoms with Crippen LogP contribution in [0.1, 0.15) is 29.5 Å². The fourth-order valence-electron chi connectivity index (χ4n) is 1.39. The number of hydrogen-bond acceptors (Lipinski definition) is 3. The van der Waals surface area contributed by atoms with Gasteiger partial charge in [-0.1, -0.05) is 0 Å². The zero-order chi connectivity index (χ0) is 6.97. The number of rotatable bonds is 0. The van der Waals surface area contributed by atoms with E-state index in [9.17, 15) is 0 Å².